The van der Waals surface area contributed by atoms with Crippen molar-refractivity contribution in [2.24, 2.45) is 0 Å². The molecule has 34 heavy (non-hydrogen) atoms. The maximum absolute atomic E-state index is 13.1. The van der Waals surface area contributed by atoms with Crippen molar-refractivity contribution in [3.8, 4) is 17.6 Å². The number of benzene rings is 2. The fourth-order valence-electron chi connectivity index (χ4n) is 3.56. The summed E-state index contributed by atoms with van der Waals surface area (Å²) in [5.74, 6) is -0.275. The maximum atomic E-state index is 13.1. The van der Waals surface area contributed by atoms with Crippen LogP contribution in [0.3, 0.4) is 0 Å². The van der Waals surface area contributed by atoms with E-state index in [1.807, 2.05) is 19.9 Å². The van der Waals surface area contributed by atoms with E-state index in [2.05, 4.69) is 0 Å². The third-order valence-corrected chi connectivity index (χ3v) is 5.45. The molecule has 0 aliphatic carbocycles. The van der Waals surface area contributed by atoms with Crippen molar-refractivity contribution in [1.29, 1.82) is 5.26 Å². The van der Waals surface area contributed by atoms with Crippen LogP contribution in [0.1, 0.15) is 44.7 Å². The highest BCUT2D eigenvalue weighted by molar-refractivity contribution is 6.19. The Morgan fingerprint density at radius 3 is 2.41 bits per heavy atom. The average Bonchev–Trinajstić information content (AvgIpc) is 2.83. The number of halogens is 1. The second-order valence-electron chi connectivity index (χ2n) is 7.84. The van der Waals surface area contributed by atoms with E-state index < -0.39 is 11.8 Å². The molecule has 176 valence electrons. The minimum Gasteiger partial charge on any atom is -0.490 e. The number of hydrogen-bond donors (Lipinski definition) is 0. The number of carbonyl (C=O) groups excluding carboxylic acids is 2. The van der Waals surface area contributed by atoms with E-state index in [1.54, 1.807) is 43.3 Å². The highest BCUT2D eigenvalue weighted by atomic mass is 19.1. The first-order chi connectivity index (χ1) is 16.4. The van der Waals surface area contributed by atoms with Crippen LogP contribution in [-0.2, 0) is 16.2 Å². The number of unbranched alkanes of at least 4 members (excludes halogenated alkanes) is 1. The lowest BCUT2D eigenvalue weighted by Gasteiger charge is -2.27. The Morgan fingerprint density at radius 1 is 1.03 bits per heavy atom. The molecule has 1 heterocycles. The number of ether oxygens (including phenoxy) is 2. The summed E-state index contributed by atoms with van der Waals surface area (Å²) < 4.78 is 24.7. The Labute approximate surface area is 198 Å². The molecule has 7 heteroatoms. The van der Waals surface area contributed by atoms with Gasteiger partial charge in [0.25, 0.3) is 11.8 Å². The molecule has 0 radical (unpaired) electrons. The predicted molar refractivity (Wildman–Crippen MR) is 126 cm³/mol. The average molecular weight is 463 g/mol. The quantitative estimate of drug-likeness (QED) is 0.378. The van der Waals surface area contributed by atoms with Gasteiger partial charge in [0.05, 0.1) is 6.61 Å². The maximum Gasteiger partial charge on any atom is 0.271 e. The predicted octanol–water partition coefficient (Wildman–Crippen LogP) is 5.20. The zero-order valence-electron chi connectivity index (χ0n) is 19.6. The van der Waals surface area contributed by atoms with Gasteiger partial charge in [0.1, 0.15) is 24.1 Å². The zero-order chi connectivity index (χ0) is 24.7. The van der Waals surface area contributed by atoms with Crippen LogP contribution in [0.4, 0.5) is 4.39 Å². The molecular formula is C27H27FN2O4. The summed E-state index contributed by atoms with van der Waals surface area (Å²) >= 11 is 0. The van der Waals surface area contributed by atoms with Gasteiger partial charge in [0.15, 0.2) is 11.5 Å². The number of hydrogen-bond acceptors (Lipinski definition) is 5. The van der Waals surface area contributed by atoms with E-state index in [0.29, 0.717) is 41.2 Å². The van der Waals surface area contributed by atoms with E-state index in [9.17, 15) is 19.2 Å². The molecular weight excluding hydrogens is 435 g/mol. The van der Waals surface area contributed by atoms with E-state index in [-0.39, 0.29) is 24.5 Å². The van der Waals surface area contributed by atoms with Crippen LogP contribution in [0.5, 0.6) is 11.5 Å². The summed E-state index contributed by atoms with van der Waals surface area (Å²) in [6, 6.07) is 13.2. The molecule has 3 rings (SSSR count). The third kappa shape index (κ3) is 5.52. The molecule has 2 aromatic carbocycles. The van der Waals surface area contributed by atoms with Crippen LogP contribution in [0.2, 0.25) is 0 Å². The van der Waals surface area contributed by atoms with Crippen LogP contribution in [0.25, 0.3) is 6.08 Å². The molecule has 6 nitrogen and oxygen atoms in total. The molecule has 0 unspecified atom stereocenters. The summed E-state index contributed by atoms with van der Waals surface area (Å²) in [5.41, 5.74) is 2.12. The lowest BCUT2D eigenvalue weighted by Crippen LogP contribution is -2.43. The summed E-state index contributed by atoms with van der Waals surface area (Å²) in [7, 11) is 0. The Balaban J connectivity index is 1.92. The third-order valence-electron chi connectivity index (χ3n) is 5.45. The summed E-state index contributed by atoms with van der Waals surface area (Å²) in [6.45, 7) is 6.34. The van der Waals surface area contributed by atoms with Crippen molar-refractivity contribution >= 4 is 17.9 Å². The van der Waals surface area contributed by atoms with Gasteiger partial charge in [-0.15, -0.1) is 0 Å². The molecule has 0 N–H and O–H groups in total. The second-order valence-corrected chi connectivity index (χ2v) is 7.84. The van der Waals surface area contributed by atoms with Gasteiger partial charge in [-0.3, -0.25) is 14.5 Å². The van der Waals surface area contributed by atoms with Gasteiger partial charge in [-0.2, -0.15) is 5.26 Å². The van der Waals surface area contributed by atoms with Crippen molar-refractivity contribution in [1.82, 2.24) is 4.90 Å². The van der Waals surface area contributed by atoms with Crippen LogP contribution < -0.4 is 9.47 Å². The number of rotatable bonds is 9. The smallest absolute Gasteiger partial charge is 0.271 e. The minimum absolute atomic E-state index is 0.0220. The van der Waals surface area contributed by atoms with E-state index in [0.717, 1.165) is 16.9 Å². The number of imide groups is 1. The highest BCUT2D eigenvalue weighted by Gasteiger charge is 2.34. The van der Waals surface area contributed by atoms with E-state index in [1.165, 1.54) is 12.1 Å². The lowest BCUT2D eigenvalue weighted by atomic mass is 9.93. The summed E-state index contributed by atoms with van der Waals surface area (Å²) in [5, 5.41) is 9.51. The molecule has 0 spiro atoms. The van der Waals surface area contributed by atoms with E-state index >= 15 is 0 Å². The molecule has 1 aliphatic rings. The van der Waals surface area contributed by atoms with Gasteiger partial charge < -0.3 is 9.47 Å². The van der Waals surface area contributed by atoms with E-state index in [4.69, 9.17) is 9.47 Å². The lowest BCUT2D eigenvalue weighted by molar-refractivity contribution is -0.140. The number of carbonyl (C=O) groups is 2. The monoisotopic (exact) mass is 462 g/mol. The Bertz CT molecular complexity index is 1180. The van der Waals surface area contributed by atoms with Crippen molar-refractivity contribution in [3.05, 3.63) is 76.1 Å². The van der Waals surface area contributed by atoms with Crippen molar-refractivity contribution in [3.63, 3.8) is 0 Å². The van der Waals surface area contributed by atoms with Crippen molar-refractivity contribution < 1.29 is 23.5 Å². The molecule has 0 aromatic heterocycles. The van der Waals surface area contributed by atoms with Gasteiger partial charge in [-0.25, -0.2) is 4.39 Å². The Hall–Kier alpha value is -3.92. The topological polar surface area (TPSA) is 79.6 Å². The van der Waals surface area contributed by atoms with Gasteiger partial charge in [-0.1, -0.05) is 31.5 Å². The number of nitriles is 1. The SMILES string of the molecule is CCCCN1C(=O)C(C#N)=C(C)/C(=C\c2ccc(OCc3ccc(F)cc3)c(OCC)c2)C1=O. The molecule has 1 aliphatic heterocycles. The second kappa shape index (κ2) is 11.3. The van der Waals surface area contributed by atoms with Crippen LogP contribution >= 0.6 is 0 Å². The fraction of sp³-hybridized carbons (Fsp3) is 0.296. The van der Waals surface area contributed by atoms with Crippen LogP contribution in [-0.4, -0.2) is 29.9 Å². The first-order valence-electron chi connectivity index (χ1n) is 11.2. The number of nitrogens with zero attached hydrogens (tertiary/aromatic N) is 2. The van der Waals surface area contributed by atoms with Gasteiger partial charge in [0.2, 0.25) is 0 Å². The van der Waals surface area contributed by atoms with Gasteiger partial charge >= 0.3 is 0 Å². The van der Waals surface area contributed by atoms with Crippen LogP contribution in [0, 0.1) is 17.1 Å². The normalized spacial score (nSPS) is 15.0. The minimum atomic E-state index is -0.546. The van der Waals surface area contributed by atoms with Crippen LogP contribution in [0.15, 0.2) is 59.2 Å². The molecule has 2 amide bonds. The molecule has 2 aromatic rings. The summed E-state index contributed by atoms with van der Waals surface area (Å²) in [6.07, 6.45) is 3.14. The molecule has 0 fully saturated rings. The van der Waals surface area contributed by atoms with Gasteiger partial charge in [-0.05, 0) is 67.3 Å². The first kappa shape index (κ1) is 24.7. The molecule has 0 saturated carbocycles. The zero-order valence-corrected chi connectivity index (χ0v) is 19.6. The molecule has 0 bridgehead atoms. The highest BCUT2D eigenvalue weighted by Crippen LogP contribution is 2.32. The molecule has 0 saturated heterocycles. The first-order valence-corrected chi connectivity index (χ1v) is 11.2. The van der Waals surface area contributed by atoms with Crippen molar-refractivity contribution in [2.45, 2.75) is 40.2 Å². The standard InChI is InChI=1S/C27H27FN2O4/c1-4-6-13-30-26(31)22(18(3)23(16-29)27(30)32)14-20-9-12-24(25(15-20)33-5-2)34-17-19-7-10-21(28)11-8-19/h7-12,14-15H,4-6,13,17H2,1-3H3/b22-14+. The largest absolute Gasteiger partial charge is 0.490 e. The van der Waals surface area contributed by atoms with Crippen molar-refractivity contribution in [2.75, 3.05) is 13.2 Å². The Kier molecular flexibility index (Phi) is 8.20. The molecule has 0 atom stereocenters. The Morgan fingerprint density at radius 2 is 1.76 bits per heavy atom. The van der Waals surface area contributed by atoms with Gasteiger partial charge in [0, 0.05) is 12.1 Å². The summed E-state index contributed by atoms with van der Waals surface area (Å²) in [4.78, 5) is 26.8. The number of amides is 2. The fourth-order valence-corrected chi connectivity index (χ4v) is 3.56.